The summed E-state index contributed by atoms with van der Waals surface area (Å²) in [5.74, 6) is -3.70. The van der Waals surface area contributed by atoms with Gasteiger partial charge in [-0.1, -0.05) is 0 Å². The van der Waals surface area contributed by atoms with Crippen molar-refractivity contribution < 1.29 is 24.2 Å². The van der Waals surface area contributed by atoms with E-state index in [9.17, 15) is 14.4 Å². The number of Topliss-reactive ketones (excluding diaryl/α,β-unsaturated/α-hetero) is 1. The summed E-state index contributed by atoms with van der Waals surface area (Å²) in [5.41, 5.74) is -0.259. The van der Waals surface area contributed by atoms with Gasteiger partial charge in [-0.3, -0.25) is 4.79 Å². The lowest BCUT2D eigenvalue weighted by Gasteiger charge is -1.96. The third-order valence-electron chi connectivity index (χ3n) is 1.48. The van der Waals surface area contributed by atoms with Crippen LogP contribution in [0.15, 0.2) is 6.20 Å². The topological polar surface area (TPSA) is 109 Å². The molecule has 7 nitrogen and oxygen atoms in total. The maximum Gasteiger partial charge on any atom is 0.378 e. The monoisotopic (exact) mass is 212 g/mol. The number of hydrogen-bond donors (Lipinski definition) is 2. The molecule has 1 aromatic rings. The average molecular weight is 212 g/mol. The molecule has 0 atom stereocenters. The van der Waals surface area contributed by atoms with Crippen LogP contribution in [0, 0.1) is 0 Å². The van der Waals surface area contributed by atoms with Gasteiger partial charge in [0.25, 0.3) is 5.78 Å². The van der Waals surface area contributed by atoms with Gasteiger partial charge in [0.15, 0.2) is 0 Å². The quantitative estimate of drug-likeness (QED) is 0.408. The van der Waals surface area contributed by atoms with Crippen molar-refractivity contribution in [2.45, 2.75) is 6.92 Å². The maximum absolute atomic E-state index is 11.1. The third-order valence-corrected chi connectivity index (χ3v) is 1.48. The Hall–Kier alpha value is -2.18. The highest BCUT2D eigenvalue weighted by molar-refractivity contribution is 6.39. The van der Waals surface area contributed by atoms with Crippen LogP contribution in [0.4, 0.5) is 0 Å². The Morgan fingerprint density at radius 3 is 2.73 bits per heavy atom. The molecule has 0 aliphatic carbocycles. The van der Waals surface area contributed by atoms with E-state index in [1.54, 1.807) is 6.92 Å². The summed E-state index contributed by atoms with van der Waals surface area (Å²) >= 11 is 0. The molecule has 7 heteroatoms. The van der Waals surface area contributed by atoms with Gasteiger partial charge in [-0.15, -0.1) is 0 Å². The van der Waals surface area contributed by atoms with Crippen molar-refractivity contribution in [2.24, 2.45) is 0 Å². The number of aromatic amines is 1. The largest absolute Gasteiger partial charge is 0.475 e. The first-order valence-corrected chi connectivity index (χ1v) is 4.06. The molecule has 1 aromatic heterocycles. The molecule has 0 unspecified atom stereocenters. The van der Waals surface area contributed by atoms with Crippen molar-refractivity contribution in [1.82, 2.24) is 9.97 Å². The molecule has 1 heterocycles. The normalized spacial score (nSPS) is 9.67. The van der Waals surface area contributed by atoms with Gasteiger partial charge in [0.2, 0.25) is 5.82 Å². The Morgan fingerprint density at radius 2 is 2.20 bits per heavy atom. The number of carboxylic acids is 1. The van der Waals surface area contributed by atoms with Crippen LogP contribution in [0.5, 0.6) is 0 Å². The number of ketones is 1. The number of aliphatic carboxylic acids is 1. The number of carbonyl (C=O) groups is 3. The Bertz CT molecular complexity index is 409. The number of rotatable bonds is 4. The Morgan fingerprint density at radius 1 is 1.53 bits per heavy atom. The number of esters is 1. The number of hydrogen-bond acceptors (Lipinski definition) is 5. The molecule has 0 aliphatic heterocycles. The zero-order valence-corrected chi connectivity index (χ0v) is 7.81. The molecule has 0 aliphatic rings. The van der Waals surface area contributed by atoms with E-state index in [0.29, 0.717) is 0 Å². The second kappa shape index (κ2) is 4.36. The molecule has 0 bridgehead atoms. The predicted molar refractivity (Wildman–Crippen MR) is 46.5 cm³/mol. The lowest BCUT2D eigenvalue weighted by Crippen LogP contribution is -2.13. The zero-order valence-electron chi connectivity index (χ0n) is 7.81. The number of aromatic nitrogens is 2. The van der Waals surface area contributed by atoms with Crippen molar-refractivity contribution in [2.75, 3.05) is 6.61 Å². The molecule has 1 rings (SSSR count). The summed E-state index contributed by atoms with van der Waals surface area (Å²) < 4.78 is 4.59. The van der Waals surface area contributed by atoms with Gasteiger partial charge >= 0.3 is 11.9 Å². The molecular formula is C8H8N2O5. The van der Waals surface area contributed by atoms with E-state index in [0.717, 1.165) is 6.20 Å². The van der Waals surface area contributed by atoms with Crippen LogP contribution in [-0.4, -0.2) is 39.4 Å². The molecule has 0 fully saturated rings. The second-order valence-corrected chi connectivity index (χ2v) is 2.50. The van der Waals surface area contributed by atoms with Gasteiger partial charge in [0, 0.05) is 0 Å². The lowest BCUT2D eigenvalue weighted by molar-refractivity contribution is -0.131. The highest BCUT2D eigenvalue weighted by atomic mass is 16.5. The molecule has 15 heavy (non-hydrogen) atoms. The van der Waals surface area contributed by atoms with Crippen LogP contribution in [-0.2, 0) is 9.53 Å². The fourth-order valence-electron chi connectivity index (χ4n) is 0.855. The van der Waals surface area contributed by atoms with E-state index < -0.39 is 17.7 Å². The Labute approximate surface area is 84.1 Å². The number of carbonyl (C=O) groups excluding carboxylic acids is 2. The van der Waals surface area contributed by atoms with Crippen molar-refractivity contribution in [3.05, 3.63) is 17.7 Å². The van der Waals surface area contributed by atoms with E-state index in [-0.39, 0.29) is 18.1 Å². The van der Waals surface area contributed by atoms with Gasteiger partial charge in [-0.05, 0) is 6.92 Å². The molecule has 0 spiro atoms. The van der Waals surface area contributed by atoms with E-state index in [1.807, 2.05) is 0 Å². The molecular weight excluding hydrogens is 204 g/mol. The molecule has 80 valence electrons. The number of H-pyrrole nitrogens is 1. The highest BCUT2D eigenvalue weighted by Crippen LogP contribution is 2.00. The summed E-state index contributed by atoms with van der Waals surface area (Å²) in [6.07, 6.45) is 0.975. The summed E-state index contributed by atoms with van der Waals surface area (Å²) in [5, 5.41) is 8.37. The van der Waals surface area contributed by atoms with Crippen molar-refractivity contribution >= 4 is 17.7 Å². The minimum Gasteiger partial charge on any atom is -0.475 e. The number of ether oxygens (including phenoxy) is 1. The van der Waals surface area contributed by atoms with Crippen LogP contribution in [0.1, 0.15) is 28.0 Å². The number of nitrogens with one attached hydrogen (secondary N) is 1. The Kier molecular flexibility index (Phi) is 3.17. The fourth-order valence-corrected chi connectivity index (χ4v) is 0.855. The fraction of sp³-hybridized carbons (Fsp3) is 0.250. The van der Waals surface area contributed by atoms with E-state index in [1.165, 1.54) is 0 Å². The molecule has 0 aromatic carbocycles. The summed E-state index contributed by atoms with van der Waals surface area (Å²) in [6.45, 7) is 1.78. The van der Waals surface area contributed by atoms with E-state index in [2.05, 4.69) is 14.7 Å². The first-order chi connectivity index (χ1) is 7.06. The summed E-state index contributed by atoms with van der Waals surface area (Å²) in [7, 11) is 0. The van der Waals surface area contributed by atoms with Crippen LogP contribution in [0.3, 0.4) is 0 Å². The SMILES string of the molecule is CCOC(=O)c1ncc(C(=O)C(=O)O)[nH]1. The first-order valence-electron chi connectivity index (χ1n) is 4.06. The van der Waals surface area contributed by atoms with Crippen molar-refractivity contribution in [1.29, 1.82) is 0 Å². The van der Waals surface area contributed by atoms with Gasteiger partial charge in [-0.2, -0.15) is 0 Å². The van der Waals surface area contributed by atoms with Crippen molar-refractivity contribution in [3.63, 3.8) is 0 Å². The molecule has 2 N–H and O–H groups in total. The minimum absolute atomic E-state index is 0.168. The minimum atomic E-state index is -1.62. The molecule has 0 saturated carbocycles. The average Bonchev–Trinajstić information content (AvgIpc) is 2.65. The van der Waals surface area contributed by atoms with Gasteiger partial charge in [-0.25, -0.2) is 14.6 Å². The third kappa shape index (κ3) is 2.39. The van der Waals surface area contributed by atoms with Crippen LogP contribution >= 0.6 is 0 Å². The van der Waals surface area contributed by atoms with E-state index in [4.69, 9.17) is 5.11 Å². The zero-order chi connectivity index (χ0) is 11.4. The van der Waals surface area contributed by atoms with Gasteiger partial charge in [0.05, 0.1) is 12.8 Å². The van der Waals surface area contributed by atoms with Crippen LogP contribution in [0.2, 0.25) is 0 Å². The van der Waals surface area contributed by atoms with Crippen LogP contribution < -0.4 is 0 Å². The predicted octanol–water partition coefficient (Wildman–Crippen LogP) is -0.146. The number of imidazole rings is 1. The maximum atomic E-state index is 11.1. The summed E-state index contributed by atoms with van der Waals surface area (Å²) in [6, 6.07) is 0. The van der Waals surface area contributed by atoms with Gasteiger partial charge in [0.1, 0.15) is 5.69 Å². The van der Waals surface area contributed by atoms with Crippen molar-refractivity contribution in [3.8, 4) is 0 Å². The standard InChI is InChI=1S/C8H8N2O5/c1-2-15-8(14)6-9-3-4(10-6)5(11)7(12)13/h3H,2H2,1H3,(H,9,10)(H,12,13). The van der Waals surface area contributed by atoms with Crippen LogP contribution in [0.25, 0.3) is 0 Å². The number of nitrogens with zero attached hydrogens (tertiary/aromatic N) is 1. The number of carboxylic acid groups (broad SMARTS) is 1. The first kappa shape index (κ1) is 10.9. The molecule has 0 radical (unpaired) electrons. The smallest absolute Gasteiger partial charge is 0.378 e. The highest BCUT2D eigenvalue weighted by Gasteiger charge is 2.19. The molecule has 0 amide bonds. The van der Waals surface area contributed by atoms with Gasteiger partial charge < -0.3 is 14.8 Å². The second-order valence-electron chi connectivity index (χ2n) is 2.50. The molecule has 0 saturated heterocycles. The Balaban J connectivity index is 2.85. The van der Waals surface area contributed by atoms with E-state index >= 15 is 0 Å². The summed E-state index contributed by atoms with van der Waals surface area (Å²) in [4.78, 5) is 38.1. The lowest BCUT2D eigenvalue weighted by atomic mass is 10.3.